The Morgan fingerprint density at radius 3 is 0.721 bits per heavy atom. The number of carbonyl (C=O) groups is 6. The zero-order chi connectivity index (χ0) is 106. The molecule has 0 aromatic carbocycles. The lowest BCUT2D eigenvalue weighted by Gasteiger charge is -2.22. The number of thioether (sulfide) groups is 1. The summed E-state index contributed by atoms with van der Waals surface area (Å²) in [6, 6.07) is -2.28. The van der Waals surface area contributed by atoms with Gasteiger partial charge < -0.3 is 175 Å². The van der Waals surface area contributed by atoms with E-state index in [1.165, 1.54) is 127 Å². The van der Waals surface area contributed by atoms with Crippen molar-refractivity contribution >= 4 is 47.3 Å². The molecule has 147 heavy (non-hydrogen) atoms. The van der Waals surface area contributed by atoms with Gasteiger partial charge >= 0.3 is 11.9 Å². The van der Waals surface area contributed by atoms with Gasteiger partial charge in [-0.05, 0) is 12.8 Å². The van der Waals surface area contributed by atoms with E-state index >= 15 is 0 Å². The Morgan fingerprint density at radius 1 is 0.272 bits per heavy atom. The minimum Gasteiger partial charge on any atom is -0.461 e. The molecule has 0 saturated carbocycles. The van der Waals surface area contributed by atoms with E-state index in [4.69, 9.17) is 154 Å². The number of aliphatic hydroxyl groups excluding tert-OH is 1. The van der Waals surface area contributed by atoms with Crippen LogP contribution in [-0.4, -0.2) is 467 Å². The van der Waals surface area contributed by atoms with E-state index in [0.717, 1.165) is 44.9 Å². The van der Waals surface area contributed by atoms with Gasteiger partial charge in [-0.25, -0.2) is 0 Å². The molecule has 0 aliphatic rings. The van der Waals surface area contributed by atoms with Crippen LogP contribution in [0.2, 0.25) is 0 Å². The van der Waals surface area contributed by atoms with Crippen molar-refractivity contribution in [3.63, 3.8) is 0 Å². The summed E-state index contributed by atoms with van der Waals surface area (Å²) < 4.78 is 167. The van der Waals surface area contributed by atoms with Crippen molar-refractivity contribution in [2.24, 2.45) is 23.3 Å². The van der Waals surface area contributed by atoms with E-state index in [2.05, 4.69) is 29.8 Å². The van der Waals surface area contributed by atoms with Gasteiger partial charge in [0.2, 0.25) is 23.6 Å². The maximum atomic E-state index is 13.4. The molecule has 0 fully saturated rings. The van der Waals surface area contributed by atoms with Gasteiger partial charge in [-0.1, -0.05) is 182 Å². The number of unbranched alkanes of at least 4 members (excludes halogenated alkanes) is 22. The molecule has 42 nitrogen and oxygen atoms in total. The Bertz CT molecular complexity index is 2720. The molecule has 0 aromatic heterocycles. The summed E-state index contributed by atoms with van der Waals surface area (Å²) in [5.74, 6) is -3.03. The van der Waals surface area contributed by atoms with Gasteiger partial charge in [0.05, 0.1) is 401 Å². The first-order chi connectivity index (χ1) is 72.4. The fourth-order valence-electron chi connectivity index (χ4n) is 13.3. The maximum absolute atomic E-state index is 13.4. The van der Waals surface area contributed by atoms with E-state index in [9.17, 15) is 33.9 Å². The number of nitrogens with one attached hydrogen (secondary N) is 3. The Kier molecular flexibility index (Phi) is 119. The molecule has 4 amide bonds. The number of hydrogen-bond acceptors (Lipinski definition) is 39. The maximum Gasteiger partial charge on any atom is 0.309 e. The number of hydrogen-bond donors (Lipinski definition) is 6. The highest BCUT2D eigenvalue weighted by Gasteiger charge is 2.27. The van der Waals surface area contributed by atoms with Crippen LogP contribution in [-0.2, 0) is 171 Å². The Hall–Kier alpha value is -4.03. The first-order valence-electron chi connectivity index (χ1n) is 55.0. The summed E-state index contributed by atoms with van der Waals surface area (Å²) in [4.78, 5) is 74.8. The van der Waals surface area contributed by atoms with E-state index in [1.807, 2.05) is 13.8 Å². The third-order valence-corrected chi connectivity index (χ3v) is 23.0. The van der Waals surface area contributed by atoms with Crippen molar-refractivity contribution in [2.75, 3.05) is 408 Å². The number of aliphatic hydroxyl groups is 1. The monoisotopic (exact) mass is 2150 g/mol. The topological polar surface area (TPSA) is 488 Å². The summed E-state index contributed by atoms with van der Waals surface area (Å²) in [6.45, 7) is 31.7. The molecular formula is C104H203N5O37S. The Balaban J connectivity index is 3.59. The van der Waals surface area contributed by atoms with Crippen LogP contribution in [0, 0.1) is 11.8 Å². The van der Waals surface area contributed by atoms with Crippen LogP contribution in [0.5, 0.6) is 0 Å². The van der Waals surface area contributed by atoms with Crippen LogP contribution in [0.25, 0.3) is 0 Å². The van der Waals surface area contributed by atoms with E-state index < -0.39 is 42.5 Å². The molecule has 2 unspecified atom stereocenters. The van der Waals surface area contributed by atoms with Crippen LogP contribution in [0.1, 0.15) is 201 Å². The minimum absolute atomic E-state index is 0.103. The van der Waals surface area contributed by atoms with Gasteiger partial charge in [-0.15, -0.1) is 0 Å². The van der Waals surface area contributed by atoms with Crippen LogP contribution >= 0.6 is 11.8 Å². The molecule has 0 spiro atoms. The van der Waals surface area contributed by atoms with Crippen molar-refractivity contribution in [3.8, 4) is 0 Å². The van der Waals surface area contributed by atoms with Crippen LogP contribution in [0.4, 0.5) is 0 Å². The van der Waals surface area contributed by atoms with Gasteiger partial charge in [-0.2, -0.15) is 11.8 Å². The standard InChI is InChI=1S/C104H203N5O37S/c1-5-7-9-11-13-15-17-19-21-23-25-27-29-94(3)103(115)145-91-96(146-104(116)95(4)30-28-26-24-22-20-18-16-14-12-10-8-6-2)92-147-93-97(105)101(113)109-98(90-110)102(114)107-32-34-118-36-38-120-40-42-122-44-46-124-48-50-126-52-54-128-56-58-130-60-62-132-64-66-134-68-70-136-72-74-138-76-78-140-80-82-142-84-86-144-88-87-143-85-83-141-81-79-139-77-75-137-73-71-135-69-67-133-65-63-131-61-59-129-57-55-127-53-51-125-49-47-123-45-43-121-41-39-119-37-35-117-33-31-100(112)108-89-99(106)111/h94-98,110H,5-93,105H2,1-4H3,(H2,106,111)(H,107,114)(H,108,112)(H,109,113)/t94?,95?,96-,97+,98+/m1/s1. The quantitative estimate of drug-likeness (QED) is 0.0248. The highest BCUT2D eigenvalue weighted by molar-refractivity contribution is 7.99. The van der Waals surface area contributed by atoms with E-state index in [0.29, 0.717) is 357 Å². The molecule has 0 aliphatic carbocycles. The smallest absolute Gasteiger partial charge is 0.309 e. The van der Waals surface area contributed by atoms with Crippen molar-refractivity contribution in [3.05, 3.63) is 0 Å². The lowest BCUT2D eigenvalue weighted by molar-refractivity contribution is -0.162. The summed E-state index contributed by atoms with van der Waals surface area (Å²) in [7, 11) is 0. The molecular weight excluding hydrogens is 1940 g/mol. The SMILES string of the molecule is CCCCCCCCCCCCCCC(C)C(=O)OC[C@H](CSC[C@H](N)C(=O)N[C@@H](CO)C(=O)NCCOCCOCCOCCOCCOCCOCCOCCOCCOCCOCCOCCOCCOCCOCCOCCOCCOCCOCCOCCOCCOCCOCCOCCOCCOCCOCCOCCOCCC(=O)NCC(N)=O)OC(=O)C(C)CCCCCCCCCCCCCC. The van der Waals surface area contributed by atoms with Crippen LogP contribution < -0.4 is 27.4 Å². The predicted molar refractivity (Wildman–Crippen MR) is 558 cm³/mol. The summed E-state index contributed by atoms with van der Waals surface area (Å²) in [6.07, 6.45) is 30.6. The molecule has 872 valence electrons. The normalized spacial score (nSPS) is 12.7. The van der Waals surface area contributed by atoms with Crippen molar-refractivity contribution < 1.29 is 176 Å². The second-order valence-corrected chi connectivity index (χ2v) is 35.7. The first kappa shape index (κ1) is 143. The third-order valence-electron chi connectivity index (χ3n) is 21.8. The largest absolute Gasteiger partial charge is 0.461 e. The number of carbonyl (C=O) groups excluding carboxylic acids is 6. The highest BCUT2D eigenvalue weighted by atomic mass is 32.2. The number of esters is 2. The number of rotatable bonds is 128. The van der Waals surface area contributed by atoms with Crippen LogP contribution in [0.3, 0.4) is 0 Å². The average molecular weight is 2150 g/mol. The summed E-state index contributed by atoms with van der Waals surface area (Å²) in [5, 5.41) is 17.6. The lowest BCUT2D eigenvalue weighted by atomic mass is 10.0. The number of amides is 4. The first-order valence-corrected chi connectivity index (χ1v) is 56.1. The molecule has 0 saturated heterocycles. The molecule has 5 atom stereocenters. The Labute approximate surface area is 885 Å². The number of ether oxygens (including phenoxy) is 30. The average Bonchev–Trinajstić information content (AvgIpc) is 0.903. The molecule has 0 aliphatic heterocycles. The number of nitrogens with two attached hydrogens (primary N) is 2. The minimum atomic E-state index is -1.23. The van der Waals surface area contributed by atoms with Crippen molar-refractivity contribution in [1.82, 2.24) is 16.0 Å². The zero-order valence-corrected chi connectivity index (χ0v) is 91.8. The fraction of sp³-hybridized carbons (Fsp3) is 0.942. The predicted octanol–water partition coefficient (Wildman–Crippen LogP) is 8.01. The molecule has 0 rings (SSSR count). The molecule has 0 heterocycles. The fourth-order valence-corrected chi connectivity index (χ4v) is 14.2. The van der Waals surface area contributed by atoms with Gasteiger partial charge in [-0.3, -0.25) is 28.8 Å². The van der Waals surface area contributed by atoms with Crippen molar-refractivity contribution in [2.45, 2.75) is 219 Å². The summed E-state index contributed by atoms with van der Waals surface area (Å²) in [5.41, 5.74) is 11.3. The van der Waals surface area contributed by atoms with Crippen molar-refractivity contribution in [1.29, 1.82) is 0 Å². The zero-order valence-electron chi connectivity index (χ0n) is 91.0. The lowest BCUT2D eigenvalue weighted by Crippen LogP contribution is -2.54. The molecule has 0 radical (unpaired) electrons. The van der Waals surface area contributed by atoms with Gasteiger partial charge in [0.1, 0.15) is 18.8 Å². The highest BCUT2D eigenvalue weighted by Crippen LogP contribution is 2.20. The summed E-state index contributed by atoms with van der Waals surface area (Å²) >= 11 is 1.28. The number of primary amides is 1. The van der Waals surface area contributed by atoms with Gasteiger partial charge in [0.25, 0.3) is 0 Å². The van der Waals surface area contributed by atoms with Gasteiger partial charge in [0, 0.05) is 24.5 Å². The molecule has 0 aromatic rings. The molecule has 8 N–H and O–H groups in total. The Morgan fingerprint density at radius 2 is 0.490 bits per heavy atom. The molecule has 43 heteroatoms. The van der Waals surface area contributed by atoms with E-state index in [1.54, 1.807) is 0 Å². The molecule has 0 bridgehead atoms. The second kappa shape index (κ2) is 122. The third kappa shape index (κ3) is 114. The second-order valence-electron chi connectivity index (χ2n) is 34.7. The van der Waals surface area contributed by atoms with Crippen LogP contribution in [0.15, 0.2) is 0 Å². The van der Waals surface area contributed by atoms with Gasteiger partial charge in [0.15, 0.2) is 0 Å². The van der Waals surface area contributed by atoms with E-state index in [-0.39, 0.29) is 87.1 Å².